The number of aliphatic hydroxyl groups is 1. The van der Waals surface area contributed by atoms with Gasteiger partial charge in [0.05, 0.1) is 11.0 Å². The standard InChI is InChI=1S/C11H15ClN2O3/c1-8(15)4-5-13-7-9-2-3-10(12)6-11(9)14(16)17/h2-3,6,8,13,15H,4-5,7H2,1H3. The SMILES string of the molecule is CC(O)CCNCc1ccc(Cl)cc1[N+](=O)[O-]. The summed E-state index contributed by atoms with van der Waals surface area (Å²) in [5.41, 5.74) is 0.604. The lowest BCUT2D eigenvalue weighted by Gasteiger charge is -2.07. The van der Waals surface area contributed by atoms with Crippen molar-refractivity contribution < 1.29 is 10.0 Å². The first-order valence-corrected chi connectivity index (χ1v) is 5.70. The smallest absolute Gasteiger partial charge is 0.275 e. The summed E-state index contributed by atoms with van der Waals surface area (Å²) < 4.78 is 0. The van der Waals surface area contributed by atoms with Crippen molar-refractivity contribution in [2.45, 2.75) is 26.0 Å². The van der Waals surface area contributed by atoms with Gasteiger partial charge in [0.1, 0.15) is 0 Å². The molecule has 6 heteroatoms. The summed E-state index contributed by atoms with van der Waals surface area (Å²) in [6.07, 6.45) is 0.240. The quantitative estimate of drug-likeness (QED) is 0.466. The summed E-state index contributed by atoms with van der Waals surface area (Å²) in [5, 5.41) is 23.2. The van der Waals surface area contributed by atoms with Gasteiger partial charge in [0.25, 0.3) is 5.69 Å². The average molecular weight is 259 g/mol. The molecule has 1 aromatic carbocycles. The van der Waals surface area contributed by atoms with Crippen molar-refractivity contribution >= 4 is 17.3 Å². The van der Waals surface area contributed by atoms with Crippen molar-refractivity contribution in [2.75, 3.05) is 6.54 Å². The first kappa shape index (κ1) is 13.9. The second-order valence-corrected chi connectivity index (χ2v) is 4.28. The summed E-state index contributed by atoms with van der Waals surface area (Å²) in [5.74, 6) is 0. The minimum atomic E-state index is -0.447. The number of nitrogens with one attached hydrogen (secondary N) is 1. The number of hydrogen-bond acceptors (Lipinski definition) is 4. The Morgan fingerprint density at radius 2 is 2.29 bits per heavy atom. The van der Waals surface area contributed by atoms with Gasteiger partial charge in [-0.15, -0.1) is 0 Å². The van der Waals surface area contributed by atoms with Crippen LogP contribution in [0.15, 0.2) is 18.2 Å². The topological polar surface area (TPSA) is 75.4 Å². The van der Waals surface area contributed by atoms with E-state index in [0.29, 0.717) is 30.1 Å². The molecule has 1 atom stereocenters. The van der Waals surface area contributed by atoms with Crippen LogP contribution in [0.2, 0.25) is 5.02 Å². The molecule has 0 aromatic heterocycles. The zero-order valence-electron chi connectivity index (χ0n) is 9.52. The Hall–Kier alpha value is -1.17. The lowest BCUT2D eigenvalue weighted by molar-refractivity contribution is -0.385. The highest BCUT2D eigenvalue weighted by Crippen LogP contribution is 2.22. The summed E-state index contributed by atoms with van der Waals surface area (Å²) in [4.78, 5) is 10.3. The van der Waals surface area contributed by atoms with Crippen LogP contribution in [0.4, 0.5) is 5.69 Å². The van der Waals surface area contributed by atoms with Gasteiger partial charge in [-0.3, -0.25) is 10.1 Å². The number of benzene rings is 1. The van der Waals surface area contributed by atoms with E-state index >= 15 is 0 Å². The van der Waals surface area contributed by atoms with Gasteiger partial charge in [-0.1, -0.05) is 11.6 Å². The molecule has 1 rings (SSSR count). The zero-order chi connectivity index (χ0) is 12.8. The fourth-order valence-corrected chi connectivity index (χ4v) is 1.56. The number of nitrogens with zero attached hydrogens (tertiary/aromatic N) is 1. The fraction of sp³-hybridized carbons (Fsp3) is 0.455. The number of nitro benzene ring substituents is 1. The Morgan fingerprint density at radius 1 is 1.59 bits per heavy atom. The minimum Gasteiger partial charge on any atom is -0.393 e. The number of halogens is 1. The van der Waals surface area contributed by atoms with E-state index in [9.17, 15) is 10.1 Å². The number of aliphatic hydroxyl groups excluding tert-OH is 1. The van der Waals surface area contributed by atoms with Crippen molar-refractivity contribution in [3.63, 3.8) is 0 Å². The Balaban J connectivity index is 2.61. The van der Waals surface area contributed by atoms with Gasteiger partial charge >= 0.3 is 0 Å². The largest absolute Gasteiger partial charge is 0.393 e. The Labute approximate surface area is 105 Å². The van der Waals surface area contributed by atoms with E-state index in [-0.39, 0.29) is 11.8 Å². The van der Waals surface area contributed by atoms with Crippen molar-refractivity contribution in [2.24, 2.45) is 0 Å². The van der Waals surface area contributed by atoms with Crippen LogP contribution in [0.25, 0.3) is 0 Å². The first-order chi connectivity index (χ1) is 8.00. The highest BCUT2D eigenvalue weighted by atomic mass is 35.5. The predicted octanol–water partition coefficient (Wildman–Crippen LogP) is 2.11. The second-order valence-electron chi connectivity index (χ2n) is 3.84. The molecule has 0 fully saturated rings. The third-order valence-electron chi connectivity index (χ3n) is 2.30. The molecule has 2 N–H and O–H groups in total. The lowest BCUT2D eigenvalue weighted by Crippen LogP contribution is -2.19. The summed E-state index contributed by atoms with van der Waals surface area (Å²) in [7, 11) is 0. The molecular formula is C11H15ClN2O3. The minimum absolute atomic E-state index is 0.0158. The van der Waals surface area contributed by atoms with E-state index in [0.717, 1.165) is 0 Å². The van der Waals surface area contributed by atoms with Gasteiger partial charge in [-0.25, -0.2) is 0 Å². The van der Waals surface area contributed by atoms with Gasteiger partial charge < -0.3 is 10.4 Å². The summed E-state index contributed by atoms with van der Waals surface area (Å²) in [6.45, 7) is 2.70. The molecule has 0 aliphatic carbocycles. The lowest BCUT2D eigenvalue weighted by atomic mass is 10.2. The van der Waals surface area contributed by atoms with Crippen LogP contribution in [-0.4, -0.2) is 22.7 Å². The van der Waals surface area contributed by atoms with Crippen LogP contribution in [0.3, 0.4) is 0 Å². The maximum absolute atomic E-state index is 10.8. The van der Waals surface area contributed by atoms with Crippen molar-refractivity contribution in [1.29, 1.82) is 0 Å². The normalized spacial score (nSPS) is 12.4. The molecule has 1 aromatic rings. The van der Waals surface area contributed by atoms with Crippen molar-refractivity contribution in [3.05, 3.63) is 38.9 Å². The molecule has 0 bridgehead atoms. The molecule has 0 saturated heterocycles. The van der Waals surface area contributed by atoms with Gasteiger partial charge in [-0.05, 0) is 32.0 Å². The summed E-state index contributed by atoms with van der Waals surface area (Å²) >= 11 is 5.71. The Bertz CT molecular complexity index is 396. The molecule has 1 unspecified atom stereocenters. The molecule has 0 saturated carbocycles. The van der Waals surface area contributed by atoms with Gasteiger partial charge in [0.2, 0.25) is 0 Å². The first-order valence-electron chi connectivity index (χ1n) is 5.32. The van der Waals surface area contributed by atoms with Gasteiger partial charge in [0, 0.05) is 23.2 Å². The zero-order valence-corrected chi connectivity index (χ0v) is 10.3. The molecule has 0 aliphatic heterocycles. The van der Waals surface area contributed by atoms with Gasteiger partial charge in [-0.2, -0.15) is 0 Å². The molecule has 0 radical (unpaired) electrons. The maximum Gasteiger partial charge on any atom is 0.275 e. The Morgan fingerprint density at radius 3 is 2.88 bits per heavy atom. The summed E-state index contributed by atoms with van der Waals surface area (Å²) in [6, 6.07) is 4.60. The van der Waals surface area contributed by atoms with Crippen LogP contribution in [0.5, 0.6) is 0 Å². The van der Waals surface area contributed by atoms with E-state index in [1.165, 1.54) is 6.07 Å². The average Bonchev–Trinajstić information content (AvgIpc) is 2.25. The molecule has 17 heavy (non-hydrogen) atoms. The number of rotatable bonds is 6. The van der Waals surface area contributed by atoms with Crippen molar-refractivity contribution in [1.82, 2.24) is 5.32 Å². The molecule has 0 aliphatic rings. The third kappa shape index (κ3) is 4.68. The van der Waals surface area contributed by atoms with Crippen LogP contribution in [0.1, 0.15) is 18.9 Å². The predicted molar refractivity (Wildman–Crippen MR) is 66.1 cm³/mol. The van der Waals surface area contributed by atoms with E-state index in [1.807, 2.05) is 0 Å². The molecule has 94 valence electrons. The third-order valence-corrected chi connectivity index (χ3v) is 2.53. The molecule has 0 heterocycles. The second kappa shape index (κ2) is 6.54. The highest BCUT2D eigenvalue weighted by Gasteiger charge is 2.13. The van der Waals surface area contributed by atoms with Crippen LogP contribution in [0, 0.1) is 10.1 Å². The fourth-order valence-electron chi connectivity index (χ4n) is 1.39. The van der Waals surface area contributed by atoms with Crippen LogP contribution >= 0.6 is 11.6 Å². The van der Waals surface area contributed by atoms with Gasteiger partial charge in [0.15, 0.2) is 0 Å². The van der Waals surface area contributed by atoms with E-state index in [2.05, 4.69) is 5.32 Å². The van der Waals surface area contributed by atoms with E-state index < -0.39 is 4.92 Å². The monoisotopic (exact) mass is 258 g/mol. The number of nitro groups is 1. The maximum atomic E-state index is 10.8. The van der Waals surface area contributed by atoms with Crippen LogP contribution < -0.4 is 5.32 Å². The molecule has 5 nitrogen and oxygen atoms in total. The Kier molecular flexibility index (Phi) is 5.34. The van der Waals surface area contributed by atoms with Crippen molar-refractivity contribution in [3.8, 4) is 0 Å². The highest BCUT2D eigenvalue weighted by molar-refractivity contribution is 6.30. The van der Waals surface area contributed by atoms with E-state index in [4.69, 9.17) is 16.7 Å². The van der Waals surface area contributed by atoms with E-state index in [1.54, 1.807) is 19.1 Å². The molecular weight excluding hydrogens is 244 g/mol. The number of hydrogen-bond donors (Lipinski definition) is 2. The van der Waals surface area contributed by atoms with Crippen LogP contribution in [-0.2, 0) is 6.54 Å². The molecule has 0 amide bonds. The molecule has 0 spiro atoms.